The zero-order valence-corrected chi connectivity index (χ0v) is 19.0. The number of nitrogens with zero attached hydrogens (tertiary/aromatic N) is 3. The van der Waals surface area contributed by atoms with Gasteiger partial charge in [-0.2, -0.15) is 5.26 Å². The number of nitrogens with one attached hydrogen (secondary N) is 2. The second-order valence-electron chi connectivity index (χ2n) is 8.32. The normalized spacial score (nSPS) is 20.1. The van der Waals surface area contributed by atoms with E-state index in [1.165, 1.54) is 21.9 Å². The average Bonchev–Trinajstić information content (AvgIpc) is 3.27. The van der Waals surface area contributed by atoms with Gasteiger partial charge in [0.05, 0.1) is 17.7 Å². The van der Waals surface area contributed by atoms with Gasteiger partial charge in [-0.3, -0.25) is 9.59 Å². The summed E-state index contributed by atoms with van der Waals surface area (Å²) in [5.41, 5.74) is 0.870. The van der Waals surface area contributed by atoms with Crippen LogP contribution < -0.4 is 15.5 Å². The quantitative estimate of drug-likeness (QED) is 0.673. The first-order valence-corrected chi connectivity index (χ1v) is 11.4. The molecule has 2 atom stereocenters. The summed E-state index contributed by atoms with van der Waals surface area (Å²) in [4.78, 5) is 40.7. The van der Waals surface area contributed by atoms with Gasteiger partial charge in [-0.05, 0) is 61.7 Å². The summed E-state index contributed by atoms with van der Waals surface area (Å²) in [5.74, 6) is -1.86. The van der Waals surface area contributed by atoms with Crippen LogP contribution in [0.3, 0.4) is 0 Å². The fourth-order valence-corrected chi connectivity index (χ4v) is 4.33. The Morgan fingerprint density at radius 1 is 1.12 bits per heavy atom. The summed E-state index contributed by atoms with van der Waals surface area (Å²) in [6.07, 6.45) is 2.23. The van der Waals surface area contributed by atoms with E-state index in [1.807, 2.05) is 0 Å². The Bertz CT molecular complexity index is 1150. The molecule has 176 valence electrons. The van der Waals surface area contributed by atoms with E-state index in [1.54, 1.807) is 30.3 Å². The Balaban J connectivity index is 1.47. The standard InChI is InChI=1S/C24H23ClFN5O3/c25-16-4-6-17(7-5-16)28-24(34)31-14-15(13-27)11-21(31)23(33)29-20-9-8-18(12-19(20)26)30-10-2-1-3-22(30)32/h4-9,12,15,21H,1-3,10-11,14H2,(H,28,34)(H,29,33). The van der Waals surface area contributed by atoms with Gasteiger partial charge in [0, 0.05) is 35.9 Å². The van der Waals surface area contributed by atoms with Crippen LogP contribution in [-0.4, -0.2) is 41.9 Å². The van der Waals surface area contributed by atoms with Crippen molar-refractivity contribution in [2.75, 3.05) is 28.6 Å². The first-order chi connectivity index (χ1) is 16.4. The summed E-state index contributed by atoms with van der Waals surface area (Å²) in [5, 5.41) is 15.1. The predicted molar refractivity (Wildman–Crippen MR) is 126 cm³/mol. The van der Waals surface area contributed by atoms with Gasteiger partial charge in [0.15, 0.2) is 0 Å². The fraction of sp³-hybridized carbons (Fsp3) is 0.333. The molecule has 2 aromatic rings. The molecule has 0 spiro atoms. The van der Waals surface area contributed by atoms with Crippen LogP contribution in [0.15, 0.2) is 42.5 Å². The molecule has 2 aliphatic heterocycles. The maximum atomic E-state index is 14.8. The molecule has 4 rings (SSSR count). The largest absolute Gasteiger partial charge is 0.322 e. The van der Waals surface area contributed by atoms with Crippen LogP contribution in [0.1, 0.15) is 25.7 Å². The summed E-state index contributed by atoms with van der Waals surface area (Å²) in [7, 11) is 0. The van der Waals surface area contributed by atoms with E-state index in [4.69, 9.17) is 11.6 Å². The van der Waals surface area contributed by atoms with E-state index in [2.05, 4.69) is 16.7 Å². The van der Waals surface area contributed by atoms with E-state index in [0.29, 0.717) is 29.4 Å². The zero-order valence-electron chi connectivity index (χ0n) is 18.3. The van der Waals surface area contributed by atoms with Crippen molar-refractivity contribution < 1.29 is 18.8 Å². The number of likely N-dealkylation sites (tertiary alicyclic amines) is 1. The number of hydrogen-bond acceptors (Lipinski definition) is 4. The van der Waals surface area contributed by atoms with Crippen molar-refractivity contribution >= 4 is 46.5 Å². The molecule has 2 heterocycles. The molecule has 34 heavy (non-hydrogen) atoms. The highest BCUT2D eigenvalue weighted by atomic mass is 35.5. The third kappa shape index (κ3) is 5.13. The number of carbonyl (C=O) groups is 3. The highest BCUT2D eigenvalue weighted by molar-refractivity contribution is 6.30. The SMILES string of the molecule is N#CC1CC(C(=O)Nc2ccc(N3CCCCC3=O)cc2F)N(C(=O)Nc2ccc(Cl)cc2)C1. The van der Waals surface area contributed by atoms with Gasteiger partial charge in [0.2, 0.25) is 11.8 Å². The van der Waals surface area contributed by atoms with Crippen molar-refractivity contribution in [3.8, 4) is 6.07 Å². The van der Waals surface area contributed by atoms with E-state index in [0.717, 1.165) is 12.8 Å². The van der Waals surface area contributed by atoms with Crippen LogP contribution in [0.2, 0.25) is 5.02 Å². The Kier molecular flexibility index (Phi) is 6.98. The second kappa shape index (κ2) is 10.1. The molecule has 0 radical (unpaired) electrons. The number of urea groups is 1. The molecule has 2 aromatic carbocycles. The first kappa shape index (κ1) is 23.5. The number of halogens is 2. The number of hydrogen-bond donors (Lipinski definition) is 2. The molecule has 4 amide bonds. The van der Waals surface area contributed by atoms with Crippen LogP contribution >= 0.6 is 11.6 Å². The monoisotopic (exact) mass is 483 g/mol. The zero-order chi connectivity index (χ0) is 24.2. The lowest BCUT2D eigenvalue weighted by atomic mass is 10.1. The maximum absolute atomic E-state index is 14.8. The molecule has 0 aliphatic carbocycles. The smallest absolute Gasteiger partial charge is 0.322 e. The maximum Gasteiger partial charge on any atom is 0.322 e. The van der Waals surface area contributed by atoms with Gasteiger partial charge < -0.3 is 20.4 Å². The van der Waals surface area contributed by atoms with Gasteiger partial charge >= 0.3 is 6.03 Å². The number of amides is 4. The van der Waals surface area contributed by atoms with Gasteiger partial charge in [-0.25, -0.2) is 9.18 Å². The molecule has 2 aliphatic rings. The van der Waals surface area contributed by atoms with Crippen LogP contribution in [0.5, 0.6) is 0 Å². The third-order valence-electron chi connectivity index (χ3n) is 5.99. The Morgan fingerprint density at radius 3 is 2.56 bits per heavy atom. The second-order valence-corrected chi connectivity index (χ2v) is 8.76. The van der Waals surface area contributed by atoms with Gasteiger partial charge in [0.1, 0.15) is 11.9 Å². The molecule has 0 bridgehead atoms. The molecule has 2 N–H and O–H groups in total. The minimum absolute atomic E-state index is 0.0571. The molecule has 2 unspecified atom stereocenters. The Hall–Kier alpha value is -3.64. The first-order valence-electron chi connectivity index (χ1n) is 11.0. The van der Waals surface area contributed by atoms with Crippen molar-refractivity contribution in [1.82, 2.24) is 4.90 Å². The summed E-state index contributed by atoms with van der Waals surface area (Å²) in [6, 6.07) is 11.3. The van der Waals surface area contributed by atoms with Crippen molar-refractivity contribution in [1.29, 1.82) is 5.26 Å². The van der Waals surface area contributed by atoms with Crippen molar-refractivity contribution in [2.45, 2.75) is 31.7 Å². The number of anilines is 3. The molecule has 2 fully saturated rings. The predicted octanol–water partition coefficient (Wildman–Crippen LogP) is 4.38. The lowest BCUT2D eigenvalue weighted by Gasteiger charge is -2.27. The number of rotatable bonds is 4. The van der Waals surface area contributed by atoms with Crippen molar-refractivity contribution in [3.63, 3.8) is 0 Å². The molecular formula is C24H23ClFN5O3. The molecular weight excluding hydrogens is 461 g/mol. The molecule has 0 saturated carbocycles. The number of benzene rings is 2. The molecule has 10 heteroatoms. The van der Waals surface area contributed by atoms with Gasteiger partial charge in [-0.15, -0.1) is 0 Å². The minimum atomic E-state index is -0.945. The molecule has 0 aromatic heterocycles. The summed E-state index contributed by atoms with van der Waals surface area (Å²) >= 11 is 5.87. The fourth-order valence-electron chi connectivity index (χ4n) is 4.20. The minimum Gasteiger partial charge on any atom is -0.322 e. The Morgan fingerprint density at radius 2 is 1.88 bits per heavy atom. The van der Waals surface area contributed by atoms with Crippen molar-refractivity contribution in [2.24, 2.45) is 5.92 Å². The van der Waals surface area contributed by atoms with Crippen LogP contribution in [0.25, 0.3) is 0 Å². The average molecular weight is 484 g/mol. The van der Waals surface area contributed by atoms with Crippen LogP contribution in [-0.2, 0) is 9.59 Å². The van der Waals surface area contributed by atoms with Crippen LogP contribution in [0.4, 0.5) is 26.2 Å². The van der Waals surface area contributed by atoms with Crippen LogP contribution in [0, 0.1) is 23.1 Å². The molecule has 8 nitrogen and oxygen atoms in total. The summed E-state index contributed by atoms with van der Waals surface area (Å²) < 4.78 is 14.8. The number of nitriles is 1. The number of carbonyl (C=O) groups excluding carboxylic acids is 3. The lowest BCUT2D eigenvalue weighted by molar-refractivity contribution is -0.120. The Labute approximate surface area is 201 Å². The topological polar surface area (TPSA) is 106 Å². The third-order valence-corrected chi connectivity index (χ3v) is 6.24. The van der Waals surface area contributed by atoms with E-state index < -0.39 is 29.7 Å². The van der Waals surface area contributed by atoms with Gasteiger partial charge in [-0.1, -0.05) is 11.6 Å². The van der Waals surface area contributed by atoms with E-state index >= 15 is 0 Å². The highest BCUT2D eigenvalue weighted by Crippen LogP contribution is 2.28. The summed E-state index contributed by atoms with van der Waals surface area (Å²) in [6.45, 7) is 0.603. The van der Waals surface area contributed by atoms with E-state index in [9.17, 15) is 24.0 Å². The van der Waals surface area contributed by atoms with E-state index in [-0.39, 0.29) is 24.6 Å². The molecule has 2 saturated heterocycles. The van der Waals surface area contributed by atoms with Crippen molar-refractivity contribution in [3.05, 3.63) is 53.3 Å². The van der Waals surface area contributed by atoms with Gasteiger partial charge in [0.25, 0.3) is 0 Å². The number of piperidine rings is 1. The highest BCUT2D eigenvalue weighted by Gasteiger charge is 2.40. The lowest BCUT2D eigenvalue weighted by Crippen LogP contribution is -2.45.